The lowest BCUT2D eigenvalue weighted by molar-refractivity contribution is -0.138. The largest absolute Gasteiger partial charge is 0.492 e. The fourth-order valence-corrected chi connectivity index (χ4v) is 1.71. The van der Waals surface area contributed by atoms with Gasteiger partial charge in [0.25, 0.3) is 5.91 Å². The summed E-state index contributed by atoms with van der Waals surface area (Å²) in [5.41, 5.74) is 1.15. The van der Waals surface area contributed by atoms with E-state index < -0.39 is 17.9 Å². The summed E-state index contributed by atoms with van der Waals surface area (Å²) >= 11 is 0. The highest BCUT2D eigenvalue weighted by Crippen LogP contribution is 2.23. The molecule has 6 heteroatoms. The number of nitrogens with one attached hydrogen (secondary N) is 1. The van der Waals surface area contributed by atoms with Crippen molar-refractivity contribution in [3.8, 4) is 5.75 Å². The lowest BCUT2D eigenvalue weighted by Crippen LogP contribution is -2.38. The molecule has 0 saturated heterocycles. The molecule has 0 spiro atoms. The average Bonchev–Trinajstić information content (AvgIpc) is 2.37. The van der Waals surface area contributed by atoms with Gasteiger partial charge in [0.1, 0.15) is 17.5 Å². The van der Waals surface area contributed by atoms with Crippen LogP contribution in [0.2, 0.25) is 0 Å². The molecule has 18 heavy (non-hydrogen) atoms. The van der Waals surface area contributed by atoms with Crippen molar-refractivity contribution in [2.75, 3.05) is 6.61 Å². The number of aromatic nitrogens is 1. The molecular formula is C12H14N2O4. The van der Waals surface area contributed by atoms with Crippen LogP contribution in [0.15, 0.2) is 12.3 Å². The Morgan fingerprint density at radius 2 is 2.33 bits per heavy atom. The van der Waals surface area contributed by atoms with Gasteiger partial charge in [-0.25, -0.2) is 4.98 Å². The molecule has 1 amide bonds. The molecule has 1 aliphatic heterocycles. The maximum Gasteiger partial charge on any atom is 0.325 e. The molecule has 1 unspecified atom stereocenters. The fraction of sp³-hybridized carbons (Fsp3) is 0.417. The van der Waals surface area contributed by atoms with Crippen LogP contribution < -0.4 is 10.1 Å². The first-order valence-electron chi connectivity index (χ1n) is 5.73. The highest BCUT2D eigenvalue weighted by Gasteiger charge is 2.18. The smallest absolute Gasteiger partial charge is 0.325 e. The average molecular weight is 250 g/mol. The zero-order valence-electron chi connectivity index (χ0n) is 9.97. The lowest BCUT2D eigenvalue weighted by atomic mass is 10.1. The Labute approximate surface area is 104 Å². The van der Waals surface area contributed by atoms with Gasteiger partial charge in [-0.1, -0.05) is 0 Å². The van der Waals surface area contributed by atoms with Crippen molar-refractivity contribution < 1.29 is 19.4 Å². The van der Waals surface area contributed by atoms with Gasteiger partial charge in [-0.2, -0.15) is 0 Å². The summed E-state index contributed by atoms with van der Waals surface area (Å²) in [6.45, 7) is 2.07. The molecule has 1 aromatic rings. The van der Waals surface area contributed by atoms with Gasteiger partial charge in [-0.3, -0.25) is 9.59 Å². The van der Waals surface area contributed by atoms with Crippen molar-refractivity contribution in [3.63, 3.8) is 0 Å². The number of aliphatic carboxylic acids is 1. The van der Waals surface area contributed by atoms with Crippen molar-refractivity contribution in [1.82, 2.24) is 10.3 Å². The van der Waals surface area contributed by atoms with Crippen molar-refractivity contribution in [3.05, 3.63) is 23.5 Å². The number of ether oxygens (including phenoxy) is 1. The number of carbonyl (C=O) groups is 2. The second-order valence-electron chi connectivity index (χ2n) is 4.16. The molecule has 0 radical (unpaired) electrons. The topological polar surface area (TPSA) is 88.5 Å². The van der Waals surface area contributed by atoms with Crippen LogP contribution in [0.25, 0.3) is 0 Å². The molecule has 6 nitrogen and oxygen atoms in total. The summed E-state index contributed by atoms with van der Waals surface area (Å²) < 4.78 is 5.39. The minimum Gasteiger partial charge on any atom is -0.492 e. The Kier molecular flexibility index (Phi) is 3.45. The van der Waals surface area contributed by atoms with Crippen molar-refractivity contribution in [2.24, 2.45) is 0 Å². The predicted octanol–water partition coefficient (Wildman–Crippen LogP) is 0.610. The van der Waals surface area contributed by atoms with E-state index in [1.807, 2.05) is 0 Å². The maximum atomic E-state index is 11.8. The number of aryl methyl sites for hydroxylation is 1. The lowest BCUT2D eigenvalue weighted by Gasteiger charge is -2.17. The quantitative estimate of drug-likeness (QED) is 0.820. The van der Waals surface area contributed by atoms with Gasteiger partial charge >= 0.3 is 5.97 Å². The van der Waals surface area contributed by atoms with Crippen LogP contribution in [0.4, 0.5) is 0 Å². The maximum absolute atomic E-state index is 11.8. The number of carbonyl (C=O) groups excluding carboxylic acids is 1. The summed E-state index contributed by atoms with van der Waals surface area (Å²) in [5.74, 6) is -0.869. The highest BCUT2D eigenvalue weighted by atomic mass is 16.5. The van der Waals surface area contributed by atoms with Gasteiger partial charge in [0, 0.05) is 0 Å². The molecule has 96 valence electrons. The number of hydrogen-bond acceptors (Lipinski definition) is 4. The van der Waals surface area contributed by atoms with Gasteiger partial charge in [0.15, 0.2) is 0 Å². The summed E-state index contributed by atoms with van der Waals surface area (Å²) in [6, 6.07) is 0.713. The van der Waals surface area contributed by atoms with Crippen LogP contribution in [0.3, 0.4) is 0 Å². The van der Waals surface area contributed by atoms with Crippen LogP contribution in [-0.2, 0) is 11.2 Å². The van der Waals surface area contributed by atoms with E-state index in [0.717, 1.165) is 18.4 Å². The van der Waals surface area contributed by atoms with Crippen LogP contribution >= 0.6 is 0 Å². The van der Waals surface area contributed by atoms with Gasteiger partial charge in [-0.15, -0.1) is 0 Å². The van der Waals surface area contributed by atoms with Gasteiger partial charge in [-0.05, 0) is 31.4 Å². The minimum absolute atomic E-state index is 0.215. The Morgan fingerprint density at radius 3 is 3.06 bits per heavy atom. The van der Waals surface area contributed by atoms with E-state index in [1.54, 1.807) is 6.07 Å². The second kappa shape index (κ2) is 5.03. The Morgan fingerprint density at radius 1 is 1.56 bits per heavy atom. The monoisotopic (exact) mass is 250 g/mol. The second-order valence-corrected chi connectivity index (χ2v) is 4.16. The summed E-state index contributed by atoms with van der Waals surface area (Å²) in [4.78, 5) is 26.4. The normalized spacial score (nSPS) is 15.2. The Balaban J connectivity index is 2.13. The van der Waals surface area contributed by atoms with E-state index in [1.165, 1.54) is 13.1 Å². The number of carboxylic acid groups (broad SMARTS) is 1. The first kappa shape index (κ1) is 12.3. The molecule has 0 fully saturated rings. The predicted molar refractivity (Wildman–Crippen MR) is 62.6 cm³/mol. The number of amides is 1. The number of pyridine rings is 1. The Hall–Kier alpha value is -2.11. The van der Waals surface area contributed by atoms with E-state index >= 15 is 0 Å². The minimum atomic E-state index is -1.08. The number of rotatable bonds is 3. The van der Waals surface area contributed by atoms with E-state index in [2.05, 4.69) is 10.3 Å². The van der Waals surface area contributed by atoms with Crippen LogP contribution in [0, 0.1) is 0 Å². The first-order chi connectivity index (χ1) is 8.58. The summed E-state index contributed by atoms with van der Waals surface area (Å²) in [7, 11) is 0. The van der Waals surface area contributed by atoms with Gasteiger partial charge in [0.2, 0.25) is 0 Å². The van der Waals surface area contributed by atoms with Crippen LogP contribution in [-0.4, -0.2) is 34.6 Å². The van der Waals surface area contributed by atoms with Crippen molar-refractivity contribution in [1.29, 1.82) is 0 Å². The third-order valence-electron chi connectivity index (χ3n) is 2.75. The van der Waals surface area contributed by atoms with E-state index in [4.69, 9.17) is 9.84 Å². The fourth-order valence-electron chi connectivity index (χ4n) is 1.71. The van der Waals surface area contributed by atoms with E-state index in [0.29, 0.717) is 12.4 Å². The SMILES string of the molecule is CC(NC(=O)c1cc2c(cn1)OCCC2)C(=O)O. The van der Waals surface area contributed by atoms with E-state index in [9.17, 15) is 9.59 Å². The third kappa shape index (κ3) is 2.58. The molecular weight excluding hydrogens is 236 g/mol. The third-order valence-corrected chi connectivity index (χ3v) is 2.75. The molecule has 2 heterocycles. The summed E-state index contributed by atoms with van der Waals surface area (Å²) in [5, 5.41) is 11.1. The van der Waals surface area contributed by atoms with Crippen LogP contribution in [0.5, 0.6) is 5.75 Å². The number of hydrogen-bond donors (Lipinski definition) is 2. The molecule has 2 N–H and O–H groups in total. The van der Waals surface area contributed by atoms with Gasteiger partial charge in [0.05, 0.1) is 12.8 Å². The zero-order valence-corrected chi connectivity index (χ0v) is 9.97. The molecule has 0 bridgehead atoms. The molecule has 0 saturated carbocycles. The first-order valence-corrected chi connectivity index (χ1v) is 5.73. The van der Waals surface area contributed by atoms with E-state index in [-0.39, 0.29) is 5.69 Å². The van der Waals surface area contributed by atoms with Crippen molar-refractivity contribution in [2.45, 2.75) is 25.8 Å². The number of nitrogens with zero attached hydrogens (tertiary/aromatic N) is 1. The Bertz CT molecular complexity index is 487. The summed E-state index contributed by atoms with van der Waals surface area (Å²) in [6.07, 6.45) is 3.26. The number of fused-ring (bicyclic) bond motifs is 1. The van der Waals surface area contributed by atoms with Crippen LogP contribution in [0.1, 0.15) is 29.4 Å². The number of carboxylic acids is 1. The molecule has 1 aliphatic rings. The van der Waals surface area contributed by atoms with Crippen molar-refractivity contribution >= 4 is 11.9 Å². The molecule has 1 aromatic heterocycles. The molecule has 1 atom stereocenters. The zero-order chi connectivity index (χ0) is 13.1. The molecule has 0 aliphatic carbocycles. The highest BCUT2D eigenvalue weighted by molar-refractivity contribution is 5.95. The molecule has 0 aromatic carbocycles. The van der Waals surface area contributed by atoms with Gasteiger partial charge < -0.3 is 15.2 Å². The standard InChI is InChI=1S/C12H14N2O4/c1-7(12(16)17)14-11(15)9-5-8-3-2-4-18-10(8)6-13-9/h5-7H,2-4H2,1H3,(H,14,15)(H,16,17). The molecule has 2 rings (SSSR count).